The standard InChI is InChI=1S/C18H28ClNO/c1-5-15(6-2)20(13-14(3)4)12-11-18(21)16-9-7-8-10-17(16)19/h7-10,14-15H,5-6,11-13H2,1-4H3. The van der Waals surface area contributed by atoms with Gasteiger partial charge in [0, 0.05) is 31.1 Å². The van der Waals surface area contributed by atoms with Gasteiger partial charge in [0.05, 0.1) is 5.02 Å². The first kappa shape index (κ1) is 18.2. The molecule has 0 saturated heterocycles. The van der Waals surface area contributed by atoms with Crippen molar-refractivity contribution in [3.8, 4) is 0 Å². The molecule has 0 aromatic heterocycles. The van der Waals surface area contributed by atoms with Crippen LogP contribution < -0.4 is 0 Å². The van der Waals surface area contributed by atoms with E-state index in [1.54, 1.807) is 6.07 Å². The Morgan fingerprint density at radius 3 is 2.33 bits per heavy atom. The zero-order chi connectivity index (χ0) is 15.8. The third-order valence-electron chi connectivity index (χ3n) is 3.86. The van der Waals surface area contributed by atoms with Crippen LogP contribution in [-0.4, -0.2) is 29.8 Å². The first-order valence-electron chi connectivity index (χ1n) is 8.01. The zero-order valence-corrected chi connectivity index (χ0v) is 14.5. The number of benzene rings is 1. The van der Waals surface area contributed by atoms with Crippen LogP contribution in [0.25, 0.3) is 0 Å². The smallest absolute Gasteiger partial charge is 0.165 e. The van der Waals surface area contributed by atoms with Gasteiger partial charge in [0.1, 0.15) is 0 Å². The Labute approximate surface area is 134 Å². The largest absolute Gasteiger partial charge is 0.300 e. The predicted octanol–water partition coefficient (Wildman–Crippen LogP) is 5.06. The fourth-order valence-corrected chi connectivity index (χ4v) is 3.01. The monoisotopic (exact) mass is 309 g/mol. The minimum atomic E-state index is 0.139. The summed E-state index contributed by atoms with van der Waals surface area (Å²) < 4.78 is 0. The van der Waals surface area contributed by atoms with Gasteiger partial charge in [-0.3, -0.25) is 9.69 Å². The highest BCUT2D eigenvalue weighted by Gasteiger charge is 2.18. The molecule has 3 heteroatoms. The Hall–Kier alpha value is -0.860. The van der Waals surface area contributed by atoms with Gasteiger partial charge in [0.25, 0.3) is 0 Å². The molecule has 2 nitrogen and oxygen atoms in total. The molecule has 0 amide bonds. The number of halogens is 1. The van der Waals surface area contributed by atoms with Gasteiger partial charge in [0.2, 0.25) is 0 Å². The van der Waals surface area contributed by atoms with Crippen molar-refractivity contribution in [2.24, 2.45) is 5.92 Å². The Bertz CT molecular complexity index is 441. The van der Waals surface area contributed by atoms with E-state index in [1.165, 1.54) is 0 Å². The topological polar surface area (TPSA) is 20.3 Å². The second kappa shape index (κ2) is 9.22. The molecular weight excluding hydrogens is 282 g/mol. The average Bonchev–Trinajstić information content (AvgIpc) is 2.45. The maximum atomic E-state index is 12.3. The molecule has 0 aliphatic heterocycles. The third kappa shape index (κ3) is 5.80. The van der Waals surface area contributed by atoms with Gasteiger partial charge in [-0.2, -0.15) is 0 Å². The lowest BCUT2D eigenvalue weighted by Gasteiger charge is -2.31. The van der Waals surface area contributed by atoms with Crippen LogP contribution >= 0.6 is 11.6 Å². The predicted molar refractivity (Wildman–Crippen MR) is 91.2 cm³/mol. The molecule has 0 saturated carbocycles. The van der Waals surface area contributed by atoms with E-state index in [4.69, 9.17) is 11.6 Å². The Morgan fingerprint density at radius 1 is 1.19 bits per heavy atom. The van der Waals surface area contributed by atoms with E-state index < -0.39 is 0 Å². The van der Waals surface area contributed by atoms with Crippen LogP contribution in [0, 0.1) is 5.92 Å². The normalized spacial score (nSPS) is 11.6. The van der Waals surface area contributed by atoms with E-state index >= 15 is 0 Å². The molecule has 0 N–H and O–H groups in total. The molecule has 0 aliphatic rings. The second-order valence-corrected chi connectivity index (χ2v) is 6.42. The van der Waals surface area contributed by atoms with E-state index in [-0.39, 0.29) is 5.78 Å². The number of carbonyl (C=O) groups excluding carboxylic acids is 1. The number of hydrogen-bond acceptors (Lipinski definition) is 2. The highest BCUT2D eigenvalue weighted by molar-refractivity contribution is 6.33. The summed E-state index contributed by atoms with van der Waals surface area (Å²) >= 11 is 6.10. The number of hydrogen-bond donors (Lipinski definition) is 0. The van der Waals surface area contributed by atoms with Gasteiger partial charge < -0.3 is 0 Å². The molecule has 1 aromatic carbocycles. The second-order valence-electron chi connectivity index (χ2n) is 6.01. The maximum absolute atomic E-state index is 12.3. The van der Waals surface area contributed by atoms with E-state index in [2.05, 4.69) is 32.6 Å². The molecule has 1 aromatic rings. The van der Waals surface area contributed by atoms with Gasteiger partial charge in [-0.15, -0.1) is 0 Å². The van der Waals surface area contributed by atoms with E-state index in [0.29, 0.717) is 29.0 Å². The molecule has 0 heterocycles. The molecule has 1 rings (SSSR count). The van der Waals surface area contributed by atoms with Crippen molar-refractivity contribution in [2.75, 3.05) is 13.1 Å². The number of Topliss-reactive ketones (excluding diaryl/α,β-unsaturated/α-hetero) is 1. The first-order valence-corrected chi connectivity index (χ1v) is 8.39. The van der Waals surface area contributed by atoms with Gasteiger partial charge in [-0.05, 0) is 30.9 Å². The number of carbonyl (C=O) groups is 1. The van der Waals surface area contributed by atoms with Crippen LogP contribution in [0.15, 0.2) is 24.3 Å². The summed E-state index contributed by atoms with van der Waals surface area (Å²) in [5.41, 5.74) is 0.646. The minimum absolute atomic E-state index is 0.139. The van der Waals surface area contributed by atoms with Crippen molar-refractivity contribution in [1.29, 1.82) is 0 Å². The fraction of sp³-hybridized carbons (Fsp3) is 0.611. The molecule has 0 fully saturated rings. The molecule has 0 radical (unpaired) electrons. The molecule has 0 unspecified atom stereocenters. The fourth-order valence-electron chi connectivity index (χ4n) is 2.76. The summed E-state index contributed by atoms with van der Waals surface area (Å²) in [6.45, 7) is 10.8. The minimum Gasteiger partial charge on any atom is -0.300 e. The summed E-state index contributed by atoms with van der Waals surface area (Å²) in [6.07, 6.45) is 2.79. The number of ketones is 1. The maximum Gasteiger partial charge on any atom is 0.165 e. The lowest BCUT2D eigenvalue weighted by Crippen LogP contribution is -2.38. The average molecular weight is 310 g/mol. The van der Waals surface area contributed by atoms with Crippen molar-refractivity contribution in [3.05, 3.63) is 34.9 Å². The SMILES string of the molecule is CCC(CC)N(CCC(=O)c1ccccc1Cl)CC(C)C. The van der Waals surface area contributed by atoms with Gasteiger partial charge >= 0.3 is 0 Å². The van der Waals surface area contributed by atoms with Crippen molar-refractivity contribution in [3.63, 3.8) is 0 Å². The lowest BCUT2D eigenvalue weighted by molar-refractivity contribution is 0.0937. The summed E-state index contributed by atoms with van der Waals surface area (Å²) in [6, 6.07) is 7.88. The van der Waals surface area contributed by atoms with Crippen molar-refractivity contribution in [2.45, 2.75) is 53.0 Å². The number of nitrogens with zero attached hydrogens (tertiary/aromatic N) is 1. The van der Waals surface area contributed by atoms with Gasteiger partial charge in [-0.1, -0.05) is 51.4 Å². The Morgan fingerprint density at radius 2 is 1.81 bits per heavy atom. The van der Waals surface area contributed by atoms with Crippen LogP contribution in [-0.2, 0) is 0 Å². The quantitative estimate of drug-likeness (QED) is 0.594. The van der Waals surface area contributed by atoms with E-state index in [0.717, 1.165) is 25.9 Å². The van der Waals surface area contributed by atoms with Gasteiger partial charge in [0.15, 0.2) is 5.78 Å². The van der Waals surface area contributed by atoms with Crippen molar-refractivity contribution < 1.29 is 4.79 Å². The summed E-state index contributed by atoms with van der Waals surface area (Å²) in [5, 5.41) is 0.556. The van der Waals surface area contributed by atoms with E-state index in [9.17, 15) is 4.79 Å². The summed E-state index contributed by atoms with van der Waals surface area (Å²) in [4.78, 5) is 14.8. The first-order chi connectivity index (χ1) is 9.99. The molecule has 0 aliphatic carbocycles. The van der Waals surface area contributed by atoms with Crippen molar-refractivity contribution in [1.82, 2.24) is 4.90 Å². The summed E-state index contributed by atoms with van der Waals surface area (Å²) in [5.74, 6) is 0.751. The van der Waals surface area contributed by atoms with Crippen LogP contribution in [0.2, 0.25) is 5.02 Å². The molecule has 0 atom stereocenters. The number of rotatable bonds is 9. The molecular formula is C18H28ClNO. The van der Waals surface area contributed by atoms with Crippen molar-refractivity contribution >= 4 is 17.4 Å². The molecule has 0 bridgehead atoms. The Kier molecular flexibility index (Phi) is 7.98. The van der Waals surface area contributed by atoms with Crippen LogP contribution in [0.4, 0.5) is 0 Å². The summed E-state index contributed by atoms with van der Waals surface area (Å²) in [7, 11) is 0. The molecule has 21 heavy (non-hydrogen) atoms. The van der Waals surface area contributed by atoms with Crippen LogP contribution in [0.5, 0.6) is 0 Å². The van der Waals surface area contributed by atoms with Crippen LogP contribution in [0.1, 0.15) is 57.3 Å². The zero-order valence-electron chi connectivity index (χ0n) is 13.7. The molecule has 118 valence electrons. The Balaban J connectivity index is 2.68. The highest BCUT2D eigenvalue weighted by atomic mass is 35.5. The van der Waals surface area contributed by atoms with Crippen LogP contribution in [0.3, 0.4) is 0 Å². The van der Waals surface area contributed by atoms with E-state index in [1.807, 2.05) is 18.2 Å². The lowest BCUT2D eigenvalue weighted by atomic mass is 10.0. The third-order valence-corrected chi connectivity index (χ3v) is 4.19. The highest BCUT2D eigenvalue weighted by Crippen LogP contribution is 2.18. The molecule has 0 spiro atoms. The van der Waals surface area contributed by atoms with Gasteiger partial charge in [-0.25, -0.2) is 0 Å².